The minimum atomic E-state index is -0.900. The van der Waals surface area contributed by atoms with Crippen LogP contribution >= 0.6 is 0 Å². The van der Waals surface area contributed by atoms with Gasteiger partial charge in [-0.3, -0.25) is 4.79 Å². The number of hydrogen-bond donors (Lipinski definition) is 3. The maximum atomic E-state index is 10.9. The van der Waals surface area contributed by atoms with E-state index in [-0.39, 0.29) is 0 Å². The molecule has 1 fully saturated rings. The first-order chi connectivity index (χ1) is 9.16. The van der Waals surface area contributed by atoms with Crippen LogP contribution in [0.1, 0.15) is 44.3 Å². The summed E-state index contributed by atoms with van der Waals surface area (Å²) in [5.74, 6) is 0.763. The van der Waals surface area contributed by atoms with Gasteiger partial charge in [-0.2, -0.15) is 5.21 Å². The van der Waals surface area contributed by atoms with Crippen molar-refractivity contribution >= 4 is 5.97 Å². The third-order valence-electron chi connectivity index (χ3n) is 4.07. The molecule has 2 rings (SSSR count). The smallest absolute Gasteiger partial charge is 0.320 e. The average Bonchev–Trinajstić information content (AvgIpc) is 2.90. The highest BCUT2D eigenvalue weighted by Crippen LogP contribution is 2.35. The van der Waals surface area contributed by atoms with Crippen LogP contribution in [0.2, 0.25) is 0 Å². The van der Waals surface area contributed by atoms with Crippen LogP contribution in [-0.4, -0.2) is 37.7 Å². The Balaban J connectivity index is 1.86. The Morgan fingerprint density at radius 3 is 2.79 bits per heavy atom. The van der Waals surface area contributed by atoms with Gasteiger partial charge < -0.3 is 10.8 Å². The lowest BCUT2D eigenvalue weighted by atomic mass is 9.74. The molecule has 0 amide bonds. The fourth-order valence-electron chi connectivity index (χ4n) is 3.00. The summed E-state index contributed by atoms with van der Waals surface area (Å²) in [5.41, 5.74) is 5.66. The van der Waals surface area contributed by atoms with E-state index in [0.29, 0.717) is 18.3 Å². The number of H-pyrrole nitrogens is 1. The van der Waals surface area contributed by atoms with Gasteiger partial charge in [-0.15, -0.1) is 10.2 Å². The monoisotopic (exact) mass is 267 g/mol. The van der Waals surface area contributed by atoms with Gasteiger partial charge in [-0.25, -0.2) is 0 Å². The highest BCUT2D eigenvalue weighted by Gasteiger charge is 2.28. The van der Waals surface area contributed by atoms with Crippen molar-refractivity contribution in [1.82, 2.24) is 20.6 Å². The van der Waals surface area contributed by atoms with Crippen LogP contribution in [0.3, 0.4) is 0 Å². The van der Waals surface area contributed by atoms with Gasteiger partial charge in [0.05, 0.1) is 0 Å². The topological polar surface area (TPSA) is 118 Å². The fraction of sp³-hybridized carbons (Fsp3) is 0.833. The summed E-state index contributed by atoms with van der Waals surface area (Å²) in [7, 11) is 0. The van der Waals surface area contributed by atoms with Gasteiger partial charge in [-0.1, -0.05) is 30.9 Å². The zero-order valence-corrected chi connectivity index (χ0v) is 11.0. The van der Waals surface area contributed by atoms with Crippen LogP contribution in [0.15, 0.2) is 0 Å². The van der Waals surface area contributed by atoms with Crippen LogP contribution in [0.4, 0.5) is 0 Å². The standard InChI is InChI=1S/C12H21N5O2/c13-10(12(18)19)7-9-4-2-1-3-8(9)5-6-11-14-16-17-15-11/h8-10H,1-7,13H2,(H,18,19)(H,14,15,16,17)/t8?,9?,10-/m1/s1. The Hall–Kier alpha value is -1.50. The summed E-state index contributed by atoms with van der Waals surface area (Å²) < 4.78 is 0. The highest BCUT2D eigenvalue weighted by molar-refractivity contribution is 5.73. The SMILES string of the molecule is N[C@H](CC1CCCCC1CCc1nn[nH]n1)C(=O)O. The van der Waals surface area contributed by atoms with Crippen molar-refractivity contribution in [3.05, 3.63) is 5.82 Å². The molecule has 2 unspecified atom stereocenters. The molecule has 1 aliphatic rings. The molecule has 0 aliphatic heterocycles. The molecule has 1 aliphatic carbocycles. The van der Waals surface area contributed by atoms with Gasteiger partial charge in [0.25, 0.3) is 0 Å². The molecular formula is C12H21N5O2. The van der Waals surface area contributed by atoms with E-state index in [1.54, 1.807) is 0 Å². The Bertz CT molecular complexity index is 395. The van der Waals surface area contributed by atoms with Crippen molar-refractivity contribution < 1.29 is 9.90 Å². The summed E-state index contributed by atoms with van der Waals surface area (Å²) >= 11 is 0. The molecule has 0 aromatic carbocycles. The Kier molecular flexibility index (Phi) is 4.84. The molecule has 1 saturated carbocycles. The highest BCUT2D eigenvalue weighted by atomic mass is 16.4. The van der Waals surface area contributed by atoms with Gasteiger partial charge in [0, 0.05) is 6.42 Å². The predicted octanol–water partition coefficient (Wildman–Crippen LogP) is 0.741. The lowest BCUT2D eigenvalue weighted by Gasteiger charge is -2.32. The van der Waals surface area contributed by atoms with Crippen molar-refractivity contribution in [3.8, 4) is 0 Å². The maximum absolute atomic E-state index is 10.9. The zero-order valence-electron chi connectivity index (χ0n) is 11.0. The first-order valence-electron chi connectivity index (χ1n) is 6.87. The van der Waals surface area contributed by atoms with Crippen LogP contribution in [0, 0.1) is 11.8 Å². The number of carboxylic acids is 1. The molecule has 106 valence electrons. The minimum Gasteiger partial charge on any atom is -0.480 e. The number of nitrogens with one attached hydrogen (secondary N) is 1. The molecule has 0 spiro atoms. The third-order valence-corrected chi connectivity index (χ3v) is 4.07. The van der Waals surface area contributed by atoms with Crippen LogP contribution in [0.5, 0.6) is 0 Å². The second-order valence-corrected chi connectivity index (χ2v) is 5.35. The summed E-state index contributed by atoms with van der Waals surface area (Å²) in [5, 5.41) is 22.8. The zero-order chi connectivity index (χ0) is 13.7. The fourth-order valence-corrected chi connectivity index (χ4v) is 3.00. The number of aliphatic carboxylic acids is 1. The van der Waals surface area contributed by atoms with Crippen molar-refractivity contribution in [2.75, 3.05) is 0 Å². The first-order valence-corrected chi connectivity index (χ1v) is 6.87. The van der Waals surface area contributed by atoms with Crippen LogP contribution in [-0.2, 0) is 11.2 Å². The maximum Gasteiger partial charge on any atom is 0.320 e. The molecule has 4 N–H and O–H groups in total. The number of tetrazole rings is 1. The Labute approximate surface area is 112 Å². The second-order valence-electron chi connectivity index (χ2n) is 5.35. The van der Waals surface area contributed by atoms with Crippen molar-refractivity contribution in [3.63, 3.8) is 0 Å². The molecule has 0 radical (unpaired) electrons. The van der Waals surface area contributed by atoms with E-state index in [4.69, 9.17) is 10.8 Å². The van der Waals surface area contributed by atoms with Crippen molar-refractivity contribution in [2.24, 2.45) is 17.6 Å². The Morgan fingerprint density at radius 2 is 2.16 bits per heavy atom. The van der Waals surface area contributed by atoms with Gasteiger partial charge in [0.1, 0.15) is 6.04 Å². The number of carbonyl (C=O) groups is 1. The van der Waals surface area contributed by atoms with E-state index in [1.165, 1.54) is 12.8 Å². The average molecular weight is 267 g/mol. The molecule has 7 heteroatoms. The second kappa shape index (κ2) is 6.60. The molecule has 7 nitrogen and oxygen atoms in total. The predicted molar refractivity (Wildman–Crippen MR) is 68.2 cm³/mol. The van der Waals surface area contributed by atoms with Crippen molar-refractivity contribution in [1.29, 1.82) is 0 Å². The molecule has 1 aromatic rings. The van der Waals surface area contributed by atoms with Gasteiger partial charge in [0.15, 0.2) is 5.82 Å². The molecule has 3 atom stereocenters. The van der Waals surface area contributed by atoms with E-state index in [1.807, 2.05) is 0 Å². The number of rotatable bonds is 6. The third kappa shape index (κ3) is 3.99. The molecule has 0 bridgehead atoms. The lowest BCUT2D eigenvalue weighted by molar-refractivity contribution is -0.139. The Morgan fingerprint density at radius 1 is 1.42 bits per heavy atom. The largest absolute Gasteiger partial charge is 0.480 e. The van der Waals surface area contributed by atoms with Gasteiger partial charge >= 0.3 is 5.97 Å². The number of carboxylic acid groups (broad SMARTS) is 1. The minimum absolute atomic E-state index is 0.409. The summed E-state index contributed by atoms with van der Waals surface area (Å²) in [6.07, 6.45) is 6.97. The molecule has 1 aromatic heterocycles. The number of aryl methyl sites for hydroxylation is 1. The first kappa shape index (κ1) is 13.9. The van der Waals surface area contributed by atoms with E-state index in [0.717, 1.165) is 31.5 Å². The van der Waals surface area contributed by atoms with Crippen molar-refractivity contribution in [2.45, 2.75) is 51.0 Å². The normalized spacial score (nSPS) is 25.1. The summed E-state index contributed by atoms with van der Waals surface area (Å²) in [4.78, 5) is 10.9. The van der Waals surface area contributed by atoms with E-state index in [9.17, 15) is 4.79 Å². The van der Waals surface area contributed by atoms with Gasteiger partial charge in [-0.05, 0) is 24.7 Å². The number of nitrogens with zero attached hydrogens (tertiary/aromatic N) is 3. The number of aromatic nitrogens is 4. The summed E-state index contributed by atoms with van der Waals surface area (Å²) in [6, 6.07) is -0.740. The number of nitrogens with two attached hydrogens (primary N) is 1. The molecule has 19 heavy (non-hydrogen) atoms. The quantitative estimate of drug-likeness (QED) is 0.699. The van der Waals surface area contributed by atoms with Crippen LogP contribution < -0.4 is 5.73 Å². The van der Waals surface area contributed by atoms with E-state index in [2.05, 4.69) is 20.6 Å². The van der Waals surface area contributed by atoms with Crippen LogP contribution in [0.25, 0.3) is 0 Å². The molecule has 1 heterocycles. The molecular weight excluding hydrogens is 246 g/mol. The number of aromatic amines is 1. The lowest BCUT2D eigenvalue weighted by Crippen LogP contribution is -2.35. The number of hydrogen-bond acceptors (Lipinski definition) is 5. The summed E-state index contributed by atoms with van der Waals surface area (Å²) in [6.45, 7) is 0. The van der Waals surface area contributed by atoms with E-state index < -0.39 is 12.0 Å². The van der Waals surface area contributed by atoms with Gasteiger partial charge in [0.2, 0.25) is 0 Å². The molecule has 0 saturated heterocycles. The van der Waals surface area contributed by atoms with E-state index >= 15 is 0 Å².